The van der Waals surface area contributed by atoms with E-state index >= 15 is 0 Å². The lowest BCUT2D eigenvalue weighted by Gasteiger charge is -2.55. The number of carbonyl (C=O) groups is 2. The van der Waals surface area contributed by atoms with Crippen LogP contribution in [0.2, 0.25) is 0 Å². The number of carbonyl (C=O) groups excluding carboxylic acids is 1. The highest BCUT2D eigenvalue weighted by Gasteiger charge is 2.67. The lowest BCUT2D eigenvalue weighted by Crippen LogP contribution is -2.56. The SMILES string of the molecule is CCC1=C[C@@](/C=C/c2ccccc2)(CC)[C@](CC)(C(=O)O)[C@@H]2[C@@H]1[C@H](CC)C(=O)[C@H]2C. The molecule has 0 bridgehead atoms. The average Bonchev–Trinajstić information content (AvgIpc) is 3.02. The maximum atomic E-state index is 13.2. The van der Waals surface area contributed by atoms with Crippen molar-refractivity contribution in [3.63, 3.8) is 0 Å². The molecule has 1 fully saturated rings. The zero-order valence-corrected chi connectivity index (χ0v) is 19.0. The number of allylic oxidation sites excluding steroid dienone is 3. The molecule has 30 heavy (non-hydrogen) atoms. The summed E-state index contributed by atoms with van der Waals surface area (Å²) in [7, 11) is 0. The minimum atomic E-state index is -0.991. The summed E-state index contributed by atoms with van der Waals surface area (Å²) >= 11 is 0. The minimum absolute atomic E-state index is 0.0448. The number of Topliss-reactive ketones (excluding diaryl/α,β-unsaturated/α-hetero) is 1. The van der Waals surface area contributed by atoms with Gasteiger partial charge in [-0.1, -0.05) is 88.8 Å². The molecule has 0 spiro atoms. The first-order chi connectivity index (χ1) is 14.3. The summed E-state index contributed by atoms with van der Waals surface area (Å²) in [6, 6.07) is 10.1. The van der Waals surface area contributed by atoms with Crippen LogP contribution in [0.1, 0.15) is 65.9 Å². The van der Waals surface area contributed by atoms with Crippen molar-refractivity contribution in [2.45, 2.75) is 60.3 Å². The van der Waals surface area contributed by atoms with Gasteiger partial charge in [-0.05, 0) is 43.1 Å². The van der Waals surface area contributed by atoms with Crippen LogP contribution in [0.3, 0.4) is 0 Å². The highest BCUT2D eigenvalue weighted by Crippen LogP contribution is 2.66. The molecule has 3 nitrogen and oxygen atoms in total. The first-order valence-electron chi connectivity index (χ1n) is 11.6. The quantitative estimate of drug-likeness (QED) is 0.531. The standard InChI is InChI=1S/C27H36O3/c1-6-20-17-26(8-3,16-15-19-13-11-10-12-14-19)27(9-4,25(29)30)23-18(5)24(28)21(7-2)22(20)23/h10-18,21-23H,6-9H2,1-5H3,(H,29,30)/b16-15+/t18-,21-,22-,23-,26-,27-/m0/s1. The van der Waals surface area contributed by atoms with Crippen molar-refractivity contribution in [3.05, 3.63) is 53.6 Å². The van der Waals surface area contributed by atoms with Gasteiger partial charge in [0.1, 0.15) is 5.78 Å². The van der Waals surface area contributed by atoms with Gasteiger partial charge in [0.15, 0.2) is 0 Å². The number of aliphatic carboxylic acids is 1. The van der Waals surface area contributed by atoms with Gasteiger partial charge >= 0.3 is 5.97 Å². The van der Waals surface area contributed by atoms with Gasteiger partial charge in [0.05, 0.1) is 5.41 Å². The van der Waals surface area contributed by atoms with Crippen LogP contribution in [0.4, 0.5) is 0 Å². The average molecular weight is 409 g/mol. The van der Waals surface area contributed by atoms with Crippen molar-refractivity contribution in [1.29, 1.82) is 0 Å². The van der Waals surface area contributed by atoms with Gasteiger partial charge in [0.2, 0.25) is 0 Å². The van der Waals surface area contributed by atoms with Crippen LogP contribution in [0.25, 0.3) is 6.08 Å². The predicted octanol–water partition coefficient (Wildman–Crippen LogP) is 6.40. The molecule has 0 unspecified atom stereocenters. The van der Waals surface area contributed by atoms with Gasteiger partial charge < -0.3 is 5.11 Å². The van der Waals surface area contributed by atoms with Crippen LogP contribution >= 0.6 is 0 Å². The van der Waals surface area contributed by atoms with E-state index in [-0.39, 0.29) is 29.5 Å². The van der Waals surface area contributed by atoms with Crippen LogP contribution in [-0.2, 0) is 9.59 Å². The van der Waals surface area contributed by atoms with Gasteiger partial charge in [-0.25, -0.2) is 0 Å². The third-order valence-electron chi connectivity index (χ3n) is 8.19. The molecule has 1 aromatic carbocycles. The number of benzene rings is 1. The summed E-state index contributed by atoms with van der Waals surface area (Å²) in [5.74, 6) is -0.926. The third-order valence-corrected chi connectivity index (χ3v) is 8.19. The Morgan fingerprint density at radius 1 is 1.10 bits per heavy atom. The van der Waals surface area contributed by atoms with Crippen molar-refractivity contribution < 1.29 is 14.7 Å². The molecular weight excluding hydrogens is 372 g/mol. The molecule has 2 aliphatic carbocycles. The van der Waals surface area contributed by atoms with E-state index in [0.717, 1.165) is 18.4 Å². The molecule has 3 rings (SSSR count). The van der Waals surface area contributed by atoms with Gasteiger partial charge in [-0.15, -0.1) is 0 Å². The van der Waals surface area contributed by atoms with E-state index in [9.17, 15) is 14.7 Å². The Kier molecular flexibility index (Phi) is 6.40. The molecule has 1 N–H and O–H groups in total. The van der Waals surface area contributed by atoms with E-state index in [4.69, 9.17) is 0 Å². The number of ketones is 1. The number of carboxylic acids is 1. The first-order valence-corrected chi connectivity index (χ1v) is 11.6. The molecule has 0 saturated heterocycles. The van der Waals surface area contributed by atoms with E-state index in [1.807, 2.05) is 44.2 Å². The Morgan fingerprint density at radius 3 is 2.27 bits per heavy atom. The number of rotatable bonds is 7. The number of carboxylic acid groups (broad SMARTS) is 1. The van der Waals surface area contributed by atoms with Gasteiger partial charge in [-0.2, -0.15) is 0 Å². The fourth-order valence-electron chi connectivity index (χ4n) is 6.73. The van der Waals surface area contributed by atoms with E-state index in [1.165, 1.54) is 5.57 Å². The molecule has 1 aromatic rings. The molecule has 0 aromatic heterocycles. The van der Waals surface area contributed by atoms with E-state index in [2.05, 4.69) is 39.0 Å². The second kappa shape index (κ2) is 8.53. The molecule has 0 radical (unpaired) electrons. The monoisotopic (exact) mass is 408 g/mol. The zero-order valence-electron chi connectivity index (χ0n) is 19.0. The van der Waals surface area contributed by atoms with E-state index < -0.39 is 16.8 Å². The van der Waals surface area contributed by atoms with Gasteiger partial charge in [-0.3, -0.25) is 9.59 Å². The fraction of sp³-hybridized carbons (Fsp3) is 0.556. The Hall–Kier alpha value is -2.16. The minimum Gasteiger partial charge on any atom is -0.481 e. The van der Waals surface area contributed by atoms with E-state index in [1.54, 1.807) is 0 Å². The second-order valence-electron chi connectivity index (χ2n) is 9.10. The van der Waals surface area contributed by atoms with Crippen LogP contribution in [0, 0.1) is 34.5 Å². The fourth-order valence-corrected chi connectivity index (χ4v) is 6.73. The molecule has 3 heteroatoms. The van der Waals surface area contributed by atoms with Crippen LogP contribution in [0.5, 0.6) is 0 Å². The molecule has 6 atom stereocenters. The second-order valence-corrected chi connectivity index (χ2v) is 9.10. The number of hydrogen-bond donors (Lipinski definition) is 1. The Labute approximate surface area is 181 Å². The van der Waals surface area contributed by atoms with Crippen molar-refractivity contribution in [2.75, 3.05) is 0 Å². The maximum Gasteiger partial charge on any atom is 0.311 e. The van der Waals surface area contributed by atoms with E-state index in [0.29, 0.717) is 12.8 Å². The van der Waals surface area contributed by atoms with Gasteiger partial charge in [0.25, 0.3) is 0 Å². The topological polar surface area (TPSA) is 54.4 Å². The molecular formula is C27H36O3. The highest BCUT2D eigenvalue weighted by atomic mass is 16.4. The molecule has 162 valence electrons. The van der Waals surface area contributed by atoms with Gasteiger partial charge in [0, 0.05) is 17.3 Å². The normalized spacial score (nSPS) is 36.0. The molecule has 0 amide bonds. The van der Waals surface area contributed by atoms with Crippen molar-refractivity contribution in [3.8, 4) is 0 Å². The van der Waals surface area contributed by atoms with Crippen molar-refractivity contribution in [1.82, 2.24) is 0 Å². The summed E-state index contributed by atoms with van der Waals surface area (Å²) in [6.45, 7) is 10.3. The smallest absolute Gasteiger partial charge is 0.311 e. The molecule has 0 heterocycles. The Balaban J connectivity index is 2.29. The number of fused-ring (bicyclic) bond motifs is 1. The lowest BCUT2D eigenvalue weighted by atomic mass is 9.46. The first kappa shape index (κ1) is 22.5. The van der Waals surface area contributed by atoms with Crippen LogP contribution < -0.4 is 0 Å². The highest BCUT2D eigenvalue weighted by molar-refractivity contribution is 5.90. The summed E-state index contributed by atoms with van der Waals surface area (Å²) < 4.78 is 0. The Morgan fingerprint density at radius 2 is 1.77 bits per heavy atom. The summed E-state index contributed by atoms with van der Waals surface area (Å²) in [5.41, 5.74) is 0.730. The third kappa shape index (κ3) is 3.09. The number of hydrogen-bond acceptors (Lipinski definition) is 2. The largest absolute Gasteiger partial charge is 0.481 e. The summed E-state index contributed by atoms with van der Waals surface area (Å²) in [5, 5.41) is 10.7. The molecule has 1 saturated carbocycles. The lowest BCUT2D eigenvalue weighted by molar-refractivity contribution is -0.165. The van der Waals surface area contributed by atoms with Crippen LogP contribution in [-0.4, -0.2) is 16.9 Å². The van der Waals surface area contributed by atoms with Crippen molar-refractivity contribution >= 4 is 17.8 Å². The molecule has 2 aliphatic rings. The predicted molar refractivity (Wildman–Crippen MR) is 122 cm³/mol. The summed E-state index contributed by atoms with van der Waals surface area (Å²) in [4.78, 5) is 26.3. The molecule has 0 aliphatic heterocycles. The maximum absolute atomic E-state index is 13.2. The van der Waals surface area contributed by atoms with Crippen molar-refractivity contribution in [2.24, 2.45) is 34.5 Å². The Bertz CT molecular complexity index is 852. The van der Waals surface area contributed by atoms with Crippen LogP contribution in [0.15, 0.2) is 48.1 Å². The zero-order chi connectivity index (χ0) is 22.1. The summed E-state index contributed by atoms with van der Waals surface area (Å²) in [6.07, 6.45) is 9.29.